The zero-order valence-electron chi connectivity index (χ0n) is 21.2. The first-order valence-corrected chi connectivity index (χ1v) is 12.3. The molecule has 0 amide bonds. The average Bonchev–Trinajstić information content (AvgIpc) is 3.34. The quantitative estimate of drug-likeness (QED) is 0.284. The molecule has 0 spiro atoms. The van der Waals surface area contributed by atoms with E-state index in [1.165, 1.54) is 49.2 Å². The third-order valence-corrected chi connectivity index (χ3v) is 6.81. The van der Waals surface area contributed by atoms with Crippen molar-refractivity contribution in [3.05, 3.63) is 59.9 Å². The van der Waals surface area contributed by atoms with E-state index in [0.717, 1.165) is 17.7 Å². The zero-order chi connectivity index (χ0) is 27.4. The Morgan fingerprint density at radius 1 is 0.974 bits per heavy atom. The molecule has 14 heteroatoms. The van der Waals surface area contributed by atoms with E-state index in [4.69, 9.17) is 9.47 Å². The number of aryl methyl sites for hydroxylation is 1. The SMILES string of the molecule is COc1ncnc(OC)c1-n1c(NSC(C)C(C)c2ncc(C)cn2)nnc1-c1cccc(C(F)(F)F)c1. The number of benzene rings is 1. The van der Waals surface area contributed by atoms with Crippen molar-refractivity contribution in [1.29, 1.82) is 0 Å². The molecule has 0 fully saturated rings. The second-order valence-electron chi connectivity index (χ2n) is 8.33. The minimum absolute atomic E-state index is 0.0310. The maximum atomic E-state index is 13.5. The Morgan fingerprint density at radius 2 is 1.63 bits per heavy atom. The Labute approximate surface area is 221 Å². The summed E-state index contributed by atoms with van der Waals surface area (Å²) in [5, 5.41) is 8.40. The van der Waals surface area contributed by atoms with Crippen LogP contribution < -0.4 is 14.2 Å². The molecule has 3 aromatic heterocycles. The van der Waals surface area contributed by atoms with Gasteiger partial charge in [-0.3, -0.25) is 9.29 Å². The molecule has 2 unspecified atom stereocenters. The number of methoxy groups -OCH3 is 2. The summed E-state index contributed by atoms with van der Waals surface area (Å²) in [6, 6.07) is 4.80. The van der Waals surface area contributed by atoms with Crippen LogP contribution in [0.3, 0.4) is 0 Å². The molecular formula is C24H25F3N8O2S. The van der Waals surface area contributed by atoms with Crippen molar-refractivity contribution in [1.82, 2.24) is 34.7 Å². The Hall–Kier alpha value is -3.94. The van der Waals surface area contributed by atoms with Gasteiger partial charge >= 0.3 is 6.18 Å². The van der Waals surface area contributed by atoms with Crippen LogP contribution in [0.1, 0.15) is 36.7 Å². The molecule has 10 nitrogen and oxygen atoms in total. The van der Waals surface area contributed by atoms with Crippen LogP contribution in [-0.2, 0) is 6.18 Å². The molecule has 2 atom stereocenters. The molecule has 200 valence electrons. The number of hydrogen-bond acceptors (Lipinski definition) is 10. The minimum atomic E-state index is -4.54. The minimum Gasteiger partial charge on any atom is -0.479 e. The molecule has 0 aliphatic rings. The van der Waals surface area contributed by atoms with Crippen LogP contribution >= 0.6 is 11.9 Å². The second kappa shape index (κ2) is 11.2. The summed E-state index contributed by atoms with van der Waals surface area (Å²) in [6.45, 7) is 5.91. The number of ether oxygens (including phenoxy) is 2. The van der Waals surface area contributed by atoms with Gasteiger partial charge in [-0.15, -0.1) is 10.2 Å². The summed E-state index contributed by atoms with van der Waals surface area (Å²) in [5.41, 5.74) is 0.535. The third kappa shape index (κ3) is 5.64. The standard InChI is InChI=1S/C24H25F3N8O2S/c1-13-10-28-19(29-11-13)14(2)15(3)38-34-23-33-32-20(16-7-6-8-17(9-16)24(25,26)27)35(23)18-21(36-4)30-12-31-22(18)37-5/h6-12,14-15H,1-5H3,(H,33,34). The molecule has 1 N–H and O–H groups in total. The average molecular weight is 547 g/mol. The van der Waals surface area contributed by atoms with Crippen LogP contribution in [0.2, 0.25) is 0 Å². The molecule has 0 saturated heterocycles. The van der Waals surface area contributed by atoms with E-state index in [9.17, 15) is 13.2 Å². The Morgan fingerprint density at radius 3 is 2.24 bits per heavy atom. The van der Waals surface area contributed by atoms with Gasteiger partial charge in [-0.25, -0.2) is 9.97 Å². The van der Waals surface area contributed by atoms with Crippen LogP contribution in [0.4, 0.5) is 19.1 Å². The fraction of sp³-hybridized carbons (Fsp3) is 0.333. The number of nitrogens with zero attached hydrogens (tertiary/aromatic N) is 7. The summed E-state index contributed by atoms with van der Waals surface area (Å²) >= 11 is 1.33. The number of alkyl halides is 3. The predicted molar refractivity (Wildman–Crippen MR) is 136 cm³/mol. The van der Waals surface area contributed by atoms with Gasteiger partial charge in [-0.2, -0.15) is 23.1 Å². The first-order chi connectivity index (χ1) is 18.1. The summed E-state index contributed by atoms with van der Waals surface area (Å²) in [5.74, 6) is 1.20. The lowest BCUT2D eigenvalue weighted by Crippen LogP contribution is -2.15. The van der Waals surface area contributed by atoms with Gasteiger partial charge in [0.15, 0.2) is 11.5 Å². The lowest BCUT2D eigenvalue weighted by molar-refractivity contribution is -0.137. The van der Waals surface area contributed by atoms with E-state index in [-0.39, 0.29) is 46.0 Å². The highest BCUT2D eigenvalue weighted by molar-refractivity contribution is 8.01. The molecule has 0 aliphatic carbocycles. The van der Waals surface area contributed by atoms with Crippen molar-refractivity contribution in [2.45, 2.75) is 38.1 Å². The molecule has 3 heterocycles. The number of anilines is 1. The van der Waals surface area contributed by atoms with Crippen molar-refractivity contribution < 1.29 is 22.6 Å². The van der Waals surface area contributed by atoms with Gasteiger partial charge in [-0.05, 0) is 36.6 Å². The summed E-state index contributed by atoms with van der Waals surface area (Å²) in [7, 11) is 2.82. The summed E-state index contributed by atoms with van der Waals surface area (Å²) in [6.07, 6.45) is 0.237. The Kier molecular flexibility index (Phi) is 7.99. The zero-order valence-corrected chi connectivity index (χ0v) is 22.0. The molecule has 38 heavy (non-hydrogen) atoms. The van der Waals surface area contributed by atoms with Crippen LogP contribution in [0.15, 0.2) is 43.0 Å². The van der Waals surface area contributed by atoms with Crippen molar-refractivity contribution in [2.75, 3.05) is 18.9 Å². The number of rotatable bonds is 9. The lowest BCUT2D eigenvalue weighted by atomic mass is 10.1. The maximum Gasteiger partial charge on any atom is 0.416 e. The van der Waals surface area contributed by atoms with E-state index in [2.05, 4.69) is 34.9 Å². The monoisotopic (exact) mass is 546 g/mol. The fourth-order valence-electron chi connectivity index (χ4n) is 3.52. The number of aromatic nitrogens is 7. The van der Waals surface area contributed by atoms with Crippen molar-refractivity contribution in [2.24, 2.45) is 0 Å². The first-order valence-electron chi connectivity index (χ1n) is 11.4. The molecule has 0 aliphatic heterocycles. The second-order valence-corrected chi connectivity index (χ2v) is 9.52. The number of nitrogens with one attached hydrogen (secondary N) is 1. The molecule has 0 radical (unpaired) electrons. The van der Waals surface area contributed by atoms with Gasteiger partial charge in [-0.1, -0.05) is 26.0 Å². The molecular weight excluding hydrogens is 521 g/mol. The summed E-state index contributed by atoms with van der Waals surface area (Å²) in [4.78, 5) is 17.1. The van der Waals surface area contributed by atoms with Crippen molar-refractivity contribution in [3.63, 3.8) is 0 Å². The highest BCUT2D eigenvalue weighted by Crippen LogP contribution is 2.38. The molecule has 4 rings (SSSR count). The van der Waals surface area contributed by atoms with Crippen LogP contribution in [0, 0.1) is 6.92 Å². The van der Waals surface area contributed by atoms with Gasteiger partial charge < -0.3 is 9.47 Å². The highest BCUT2D eigenvalue weighted by atomic mass is 32.2. The fourth-order valence-corrected chi connectivity index (χ4v) is 4.27. The van der Waals surface area contributed by atoms with Gasteiger partial charge in [0, 0.05) is 29.1 Å². The van der Waals surface area contributed by atoms with Crippen LogP contribution in [-0.4, -0.2) is 54.2 Å². The third-order valence-electron chi connectivity index (χ3n) is 5.72. The van der Waals surface area contributed by atoms with Crippen molar-refractivity contribution in [3.8, 4) is 28.8 Å². The smallest absolute Gasteiger partial charge is 0.416 e. The van der Waals surface area contributed by atoms with Gasteiger partial charge in [0.25, 0.3) is 0 Å². The number of hydrogen-bond donors (Lipinski definition) is 1. The predicted octanol–water partition coefficient (Wildman–Crippen LogP) is 5.11. The molecule has 0 bridgehead atoms. The lowest BCUT2D eigenvalue weighted by Gasteiger charge is -2.20. The Balaban J connectivity index is 1.76. The normalized spacial score (nSPS) is 13.2. The van der Waals surface area contributed by atoms with Gasteiger partial charge in [0.2, 0.25) is 17.7 Å². The molecule has 4 aromatic rings. The van der Waals surface area contributed by atoms with Gasteiger partial charge in [0.1, 0.15) is 12.2 Å². The molecule has 1 aromatic carbocycles. The van der Waals surface area contributed by atoms with E-state index >= 15 is 0 Å². The maximum absolute atomic E-state index is 13.5. The van der Waals surface area contributed by atoms with E-state index in [1.54, 1.807) is 12.4 Å². The van der Waals surface area contributed by atoms with E-state index < -0.39 is 11.7 Å². The van der Waals surface area contributed by atoms with Crippen molar-refractivity contribution >= 4 is 17.9 Å². The topological polar surface area (TPSA) is 113 Å². The van der Waals surface area contributed by atoms with Crippen LogP contribution in [0.25, 0.3) is 17.1 Å². The number of halogens is 3. The molecule has 0 saturated carbocycles. The van der Waals surface area contributed by atoms with Crippen LogP contribution in [0.5, 0.6) is 11.8 Å². The van der Waals surface area contributed by atoms with Gasteiger partial charge in [0.05, 0.1) is 19.8 Å². The summed E-state index contributed by atoms with van der Waals surface area (Å²) < 4.78 is 55.9. The largest absolute Gasteiger partial charge is 0.479 e. The van der Waals surface area contributed by atoms with E-state index in [0.29, 0.717) is 5.82 Å². The van der Waals surface area contributed by atoms with E-state index in [1.807, 2.05) is 20.8 Å². The highest BCUT2D eigenvalue weighted by Gasteiger charge is 2.32. The first kappa shape index (κ1) is 27.1. The Bertz CT molecular complexity index is 1380.